The van der Waals surface area contributed by atoms with Crippen molar-refractivity contribution < 1.29 is 13.9 Å². The fourth-order valence-corrected chi connectivity index (χ4v) is 1.39. The zero-order valence-corrected chi connectivity index (χ0v) is 9.36. The van der Waals surface area contributed by atoms with E-state index in [1.54, 1.807) is 0 Å². The Kier molecular flexibility index (Phi) is 7.47. The van der Waals surface area contributed by atoms with Crippen molar-refractivity contribution >= 4 is 11.6 Å². The predicted molar refractivity (Wildman–Crippen MR) is 54.8 cm³/mol. The van der Waals surface area contributed by atoms with Gasteiger partial charge in [0.15, 0.2) is 0 Å². The van der Waals surface area contributed by atoms with Gasteiger partial charge in [0.2, 0.25) is 0 Å². The van der Waals surface area contributed by atoms with E-state index in [1.807, 2.05) is 0 Å². The van der Waals surface area contributed by atoms with E-state index in [1.165, 1.54) is 12.8 Å². The fraction of sp³-hybridized carbons (Fsp3) is 1.00. The smallest absolute Gasteiger partial charge is 0.347 e. The lowest BCUT2D eigenvalue weighted by atomic mass is 10.1. The molecule has 86 valence electrons. The first-order valence-electron chi connectivity index (χ1n) is 5.23. The molecule has 0 aliphatic heterocycles. The van der Waals surface area contributed by atoms with Gasteiger partial charge >= 0.3 is 5.38 Å². The molecule has 0 unspecified atom stereocenters. The van der Waals surface area contributed by atoms with Crippen LogP contribution in [0.15, 0.2) is 0 Å². The minimum atomic E-state index is -3.47. The molecule has 1 N–H and O–H groups in total. The number of hydrogen-bond donors (Lipinski definition) is 1. The van der Waals surface area contributed by atoms with Crippen molar-refractivity contribution in [1.82, 2.24) is 0 Å². The van der Waals surface area contributed by atoms with Crippen molar-refractivity contribution in [3.63, 3.8) is 0 Å². The first kappa shape index (κ1) is 14.1. The molecule has 0 heterocycles. The summed E-state index contributed by atoms with van der Waals surface area (Å²) < 4.78 is 24.5. The zero-order valence-electron chi connectivity index (χ0n) is 8.61. The van der Waals surface area contributed by atoms with Crippen LogP contribution < -0.4 is 0 Å². The summed E-state index contributed by atoms with van der Waals surface area (Å²) in [6.45, 7) is 2.12. The van der Waals surface area contributed by atoms with Crippen LogP contribution in [0.2, 0.25) is 0 Å². The van der Waals surface area contributed by atoms with Gasteiger partial charge in [-0.1, -0.05) is 45.4 Å². The highest BCUT2D eigenvalue weighted by atomic mass is 35.5. The van der Waals surface area contributed by atoms with Gasteiger partial charge in [-0.25, -0.2) is 0 Å². The molecule has 0 aliphatic rings. The van der Waals surface area contributed by atoms with E-state index in [2.05, 4.69) is 18.5 Å². The molecule has 14 heavy (non-hydrogen) atoms. The van der Waals surface area contributed by atoms with Gasteiger partial charge in [-0.05, 0) is 18.0 Å². The van der Waals surface area contributed by atoms with Crippen LogP contribution in [-0.2, 0) is 0 Å². The van der Waals surface area contributed by atoms with Gasteiger partial charge in [0.25, 0.3) is 0 Å². The first-order valence-corrected chi connectivity index (χ1v) is 5.61. The molecule has 0 rings (SSSR count). The predicted octanol–water partition coefficient (Wildman–Crippen LogP) is 3.93. The highest BCUT2D eigenvalue weighted by Gasteiger charge is 2.34. The molecule has 0 aliphatic carbocycles. The SMILES string of the molecule is CCCCCCCC[C@@H](O)C(F)(F)Cl. The Balaban J connectivity index is 3.28. The zero-order chi connectivity index (χ0) is 11.0. The third-order valence-corrected chi connectivity index (χ3v) is 2.46. The minimum Gasteiger partial charge on any atom is -0.385 e. The average Bonchev–Trinajstić information content (AvgIpc) is 2.09. The summed E-state index contributed by atoms with van der Waals surface area (Å²) in [7, 11) is 0. The minimum absolute atomic E-state index is 0.0859. The number of hydrogen-bond acceptors (Lipinski definition) is 1. The molecular formula is C10H19ClF2O. The van der Waals surface area contributed by atoms with E-state index >= 15 is 0 Å². The molecule has 0 amide bonds. The van der Waals surface area contributed by atoms with E-state index < -0.39 is 11.5 Å². The highest BCUT2D eigenvalue weighted by molar-refractivity contribution is 6.22. The quantitative estimate of drug-likeness (QED) is 0.493. The van der Waals surface area contributed by atoms with E-state index in [4.69, 9.17) is 5.11 Å². The second-order valence-corrected chi connectivity index (χ2v) is 4.12. The van der Waals surface area contributed by atoms with E-state index in [-0.39, 0.29) is 6.42 Å². The van der Waals surface area contributed by atoms with Crippen molar-refractivity contribution in [3.8, 4) is 0 Å². The molecule has 1 nitrogen and oxygen atoms in total. The summed E-state index contributed by atoms with van der Waals surface area (Å²) in [6.07, 6.45) is 4.45. The van der Waals surface area contributed by atoms with Crippen LogP contribution in [0.3, 0.4) is 0 Å². The highest BCUT2D eigenvalue weighted by Crippen LogP contribution is 2.26. The van der Waals surface area contributed by atoms with Crippen LogP contribution >= 0.6 is 11.6 Å². The van der Waals surface area contributed by atoms with Gasteiger partial charge < -0.3 is 5.11 Å². The number of halogens is 3. The Morgan fingerprint density at radius 3 is 2.14 bits per heavy atom. The van der Waals surface area contributed by atoms with Crippen LogP contribution in [-0.4, -0.2) is 16.6 Å². The maximum atomic E-state index is 12.3. The standard InChI is InChI=1S/C10H19ClF2O/c1-2-3-4-5-6-7-8-9(14)10(11,12)13/h9,14H,2-8H2,1H3/t9-/m1/s1. The van der Waals surface area contributed by atoms with Crippen LogP contribution in [0.1, 0.15) is 51.9 Å². The van der Waals surface area contributed by atoms with Crippen LogP contribution in [0.25, 0.3) is 0 Å². The van der Waals surface area contributed by atoms with Gasteiger partial charge in [0.05, 0.1) is 0 Å². The number of rotatable bonds is 8. The summed E-state index contributed by atoms with van der Waals surface area (Å²) >= 11 is 4.66. The molecule has 0 aromatic heterocycles. The molecule has 0 aromatic carbocycles. The van der Waals surface area contributed by atoms with Gasteiger partial charge in [0.1, 0.15) is 6.10 Å². The number of aliphatic hydroxyl groups excluding tert-OH is 1. The summed E-state index contributed by atoms with van der Waals surface area (Å²) in [6, 6.07) is 0. The van der Waals surface area contributed by atoms with E-state index in [0.29, 0.717) is 6.42 Å². The monoisotopic (exact) mass is 228 g/mol. The maximum Gasteiger partial charge on any atom is 0.347 e. The lowest BCUT2D eigenvalue weighted by molar-refractivity contribution is -0.0452. The Bertz CT molecular complexity index is 137. The molecule has 0 aromatic rings. The Morgan fingerprint density at radius 2 is 1.64 bits per heavy atom. The van der Waals surface area contributed by atoms with Crippen molar-refractivity contribution in [2.75, 3.05) is 0 Å². The lowest BCUT2D eigenvalue weighted by Gasteiger charge is -2.15. The molecular weight excluding hydrogens is 210 g/mol. The molecule has 0 radical (unpaired) electrons. The molecule has 4 heteroatoms. The fourth-order valence-electron chi connectivity index (χ4n) is 1.28. The van der Waals surface area contributed by atoms with Gasteiger partial charge in [0, 0.05) is 0 Å². The summed E-state index contributed by atoms with van der Waals surface area (Å²) in [5.74, 6) is 0. The molecule has 0 spiro atoms. The number of aliphatic hydroxyl groups is 1. The van der Waals surface area contributed by atoms with Crippen molar-refractivity contribution in [2.45, 2.75) is 63.4 Å². The van der Waals surface area contributed by atoms with Crippen molar-refractivity contribution in [2.24, 2.45) is 0 Å². The Morgan fingerprint density at radius 1 is 1.14 bits per heavy atom. The third-order valence-electron chi connectivity index (χ3n) is 2.21. The maximum absolute atomic E-state index is 12.3. The van der Waals surface area contributed by atoms with Crippen molar-refractivity contribution in [3.05, 3.63) is 0 Å². The largest absolute Gasteiger partial charge is 0.385 e. The second-order valence-electron chi connectivity index (χ2n) is 3.61. The molecule has 0 saturated heterocycles. The van der Waals surface area contributed by atoms with Crippen LogP contribution in [0, 0.1) is 0 Å². The normalized spacial score (nSPS) is 14.4. The molecule has 1 atom stereocenters. The third kappa shape index (κ3) is 7.51. The average molecular weight is 229 g/mol. The topological polar surface area (TPSA) is 20.2 Å². The van der Waals surface area contributed by atoms with Gasteiger partial charge in [-0.2, -0.15) is 8.78 Å². The van der Waals surface area contributed by atoms with Gasteiger partial charge in [-0.3, -0.25) is 0 Å². The van der Waals surface area contributed by atoms with Crippen molar-refractivity contribution in [1.29, 1.82) is 0 Å². The van der Waals surface area contributed by atoms with Crippen LogP contribution in [0.5, 0.6) is 0 Å². The summed E-state index contributed by atoms with van der Waals surface area (Å²) in [4.78, 5) is 0. The first-order chi connectivity index (χ1) is 6.48. The Hall–Kier alpha value is 0.110. The van der Waals surface area contributed by atoms with E-state index in [9.17, 15) is 8.78 Å². The summed E-state index contributed by atoms with van der Waals surface area (Å²) in [5, 5.41) is 5.44. The molecule has 0 fully saturated rings. The molecule has 0 bridgehead atoms. The van der Waals surface area contributed by atoms with E-state index in [0.717, 1.165) is 19.3 Å². The number of alkyl halides is 3. The Labute approximate surface area is 89.5 Å². The molecule has 0 saturated carbocycles. The van der Waals surface area contributed by atoms with Crippen LogP contribution in [0.4, 0.5) is 8.78 Å². The lowest BCUT2D eigenvalue weighted by Crippen LogP contribution is -2.26. The van der Waals surface area contributed by atoms with Gasteiger partial charge in [-0.15, -0.1) is 0 Å². The second kappa shape index (κ2) is 7.41. The number of unbranched alkanes of at least 4 members (excludes halogenated alkanes) is 5. The summed E-state index contributed by atoms with van der Waals surface area (Å²) in [5.41, 5.74) is 0.